The van der Waals surface area contributed by atoms with Crippen LogP contribution in [-0.4, -0.2) is 36.2 Å². The fraction of sp³-hybridized carbons (Fsp3) is 0.120. The lowest BCUT2D eigenvalue weighted by Crippen LogP contribution is -2.29. The van der Waals surface area contributed by atoms with Crippen molar-refractivity contribution in [2.75, 3.05) is 6.54 Å². The Morgan fingerprint density at radius 2 is 1.39 bits per heavy atom. The van der Waals surface area contributed by atoms with Crippen LogP contribution in [0.4, 0.5) is 0 Å². The van der Waals surface area contributed by atoms with E-state index in [2.05, 4.69) is 4.72 Å². The number of hydrogen-bond acceptors (Lipinski definition) is 4. The van der Waals surface area contributed by atoms with Crippen LogP contribution in [0.15, 0.2) is 90.0 Å². The molecule has 1 aromatic heterocycles. The Labute approximate surface area is 191 Å². The molecule has 0 spiro atoms. The van der Waals surface area contributed by atoms with Crippen molar-refractivity contribution in [3.8, 4) is 0 Å². The van der Waals surface area contributed by atoms with Crippen molar-refractivity contribution in [2.45, 2.75) is 18.0 Å². The number of nitrogens with zero attached hydrogens (tertiary/aromatic N) is 2. The van der Waals surface area contributed by atoms with Crippen LogP contribution in [0.3, 0.4) is 0 Å². The van der Waals surface area contributed by atoms with Crippen LogP contribution in [0.1, 0.15) is 26.3 Å². The maximum Gasteiger partial charge on any atom is 0.261 e. The lowest BCUT2D eigenvalue weighted by molar-refractivity contribution is 0.0642. The molecule has 0 saturated carbocycles. The zero-order valence-corrected chi connectivity index (χ0v) is 18.5. The molecule has 8 heteroatoms. The van der Waals surface area contributed by atoms with Crippen LogP contribution in [0.5, 0.6) is 0 Å². The molecule has 3 aromatic carbocycles. The topological polar surface area (TPSA) is 88.5 Å². The number of para-hydroxylation sites is 1. The van der Waals surface area contributed by atoms with E-state index in [1.165, 1.54) is 17.0 Å². The van der Waals surface area contributed by atoms with Gasteiger partial charge < -0.3 is 4.57 Å². The third-order valence-corrected chi connectivity index (χ3v) is 7.25. The molecule has 1 N–H and O–H groups in total. The lowest BCUT2D eigenvalue weighted by Gasteiger charge is -2.14. The molecule has 2 amide bonds. The summed E-state index contributed by atoms with van der Waals surface area (Å²) in [6, 6.07) is 22.9. The van der Waals surface area contributed by atoms with E-state index in [-0.39, 0.29) is 29.8 Å². The van der Waals surface area contributed by atoms with E-state index in [4.69, 9.17) is 0 Å². The number of aromatic nitrogens is 1. The van der Waals surface area contributed by atoms with Crippen molar-refractivity contribution in [3.63, 3.8) is 0 Å². The number of nitrogens with one attached hydrogen (secondary N) is 1. The minimum absolute atomic E-state index is 0.0841. The number of sulfonamides is 1. The number of hydrogen-bond donors (Lipinski definition) is 1. The summed E-state index contributed by atoms with van der Waals surface area (Å²) in [5, 5.41) is 1.11. The zero-order chi connectivity index (χ0) is 23.0. The highest BCUT2D eigenvalue weighted by Gasteiger charge is 2.34. The second-order valence-electron chi connectivity index (χ2n) is 7.85. The van der Waals surface area contributed by atoms with Crippen molar-refractivity contribution in [3.05, 3.63) is 102 Å². The fourth-order valence-corrected chi connectivity index (χ4v) is 5.08. The van der Waals surface area contributed by atoms with E-state index in [1.54, 1.807) is 36.4 Å². The first-order valence-corrected chi connectivity index (χ1v) is 12.0. The zero-order valence-electron chi connectivity index (χ0n) is 17.6. The van der Waals surface area contributed by atoms with E-state index in [9.17, 15) is 18.0 Å². The van der Waals surface area contributed by atoms with Crippen LogP contribution in [0.2, 0.25) is 0 Å². The number of benzene rings is 3. The maximum atomic E-state index is 12.7. The Balaban J connectivity index is 1.23. The molecule has 0 aliphatic carbocycles. The van der Waals surface area contributed by atoms with Gasteiger partial charge in [0.15, 0.2) is 0 Å². The molecule has 7 nitrogen and oxygen atoms in total. The van der Waals surface area contributed by atoms with Gasteiger partial charge in [0.05, 0.1) is 22.6 Å². The molecule has 2 heterocycles. The fourth-order valence-electron chi connectivity index (χ4n) is 4.06. The number of rotatable bonds is 7. The highest BCUT2D eigenvalue weighted by atomic mass is 32.2. The number of amides is 2. The molecule has 0 atom stereocenters. The van der Waals surface area contributed by atoms with Crippen LogP contribution < -0.4 is 4.72 Å². The number of carbonyl (C=O) groups excluding carboxylic acids is 2. The van der Waals surface area contributed by atoms with Gasteiger partial charge in [0.1, 0.15) is 0 Å². The van der Waals surface area contributed by atoms with Gasteiger partial charge >= 0.3 is 0 Å². The van der Waals surface area contributed by atoms with Crippen molar-refractivity contribution in [1.82, 2.24) is 14.2 Å². The van der Waals surface area contributed by atoms with Crippen molar-refractivity contribution in [2.24, 2.45) is 0 Å². The first kappa shape index (κ1) is 21.1. The van der Waals surface area contributed by atoms with Gasteiger partial charge in [-0.15, -0.1) is 0 Å². The summed E-state index contributed by atoms with van der Waals surface area (Å²) in [6.07, 6.45) is 1.94. The second kappa shape index (κ2) is 8.31. The van der Waals surface area contributed by atoms with Gasteiger partial charge in [-0.1, -0.05) is 42.5 Å². The van der Waals surface area contributed by atoms with Gasteiger partial charge in [-0.3, -0.25) is 14.5 Å². The predicted octanol–water partition coefficient (Wildman–Crippen LogP) is 3.42. The Hall–Kier alpha value is -3.75. The normalized spacial score (nSPS) is 13.6. The summed E-state index contributed by atoms with van der Waals surface area (Å²) in [6.45, 7) is 0.836. The van der Waals surface area contributed by atoms with E-state index >= 15 is 0 Å². The lowest BCUT2D eigenvalue weighted by atomic mass is 10.1. The number of fused-ring (bicyclic) bond motifs is 2. The van der Waals surface area contributed by atoms with Gasteiger partial charge in [-0.05, 0) is 47.3 Å². The molecule has 166 valence electrons. The first-order valence-electron chi connectivity index (χ1n) is 10.5. The van der Waals surface area contributed by atoms with E-state index in [1.807, 2.05) is 41.1 Å². The minimum atomic E-state index is -3.69. The number of carbonyl (C=O) groups is 2. The maximum absolute atomic E-state index is 12.7. The Kier molecular flexibility index (Phi) is 5.32. The van der Waals surface area contributed by atoms with Crippen molar-refractivity contribution >= 4 is 32.7 Å². The van der Waals surface area contributed by atoms with E-state index in [0.29, 0.717) is 23.2 Å². The van der Waals surface area contributed by atoms with Gasteiger partial charge in [0, 0.05) is 24.8 Å². The molecule has 5 rings (SSSR count). The number of imide groups is 1. The average Bonchev–Trinajstić information content (AvgIpc) is 3.34. The average molecular weight is 460 g/mol. The van der Waals surface area contributed by atoms with E-state index < -0.39 is 10.0 Å². The summed E-state index contributed by atoms with van der Waals surface area (Å²) < 4.78 is 30.0. The highest BCUT2D eigenvalue weighted by molar-refractivity contribution is 7.89. The smallest absolute Gasteiger partial charge is 0.261 e. The van der Waals surface area contributed by atoms with Crippen LogP contribution in [0, 0.1) is 0 Å². The van der Waals surface area contributed by atoms with Crippen molar-refractivity contribution in [1.29, 1.82) is 0 Å². The molecule has 33 heavy (non-hydrogen) atoms. The van der Waals surface area contributed by atoms with Crippen LogP contribution in [-0.2, 0) is 23.1 Å². The molecule has 0 bridgehead atoms. The summed E-state index contributed by atoms with van der Waals surface area (Å²) in [4.78, 5) is 26.4. The third kappa shape index (κ3) is 3.94. The third-order valence-electron chi connectivity index (χ3n) is 5.78. The quantitative estimate of drug-likeness (QED) is 0.429. The predicted molar refractivity (Wildman–Crippen MR) is 124 cm³/mol. The molecule has 1 aliphatic rings. The van der Waals surface area contributed by atoms with Crippen LogP contribution in [0.25, 0.3) is 10.9 Å². The minimum Gasteiger partial charge on any atom is -0.346 e. The van der Waals surface area contributed by atoms with Gasteiger partial charge in [-0.2, -0.15) is 0 Å². The molecule has 1 aliphatic heterocycles. The summed E-state index contributed by atoms with van der Waals surface area (Å²) in [5.74, 6) is -0.682. The Morgan fingerprint density at radius 1 is 0.758 bits per heavy atom. The highest BCUT2D eigenvalue weighted by Crippen LogP contribution is 2.24. The molecule has 0 radical (unpaired) electrons. The summed E-state index contributed by atoms with van der Waals surface area (Å²) in [7, 11) is -3.69. The monoisotopic (exact) mass is 459 g/mol. The molecule has 0 fully saturated rings. The standard InChI is InChI=1S/C25H21N3O4S/c29-24-21-6-2-3-7-22(21)25(30)28(24)17-18-9-11-20(12-10-18)33(31,32)26-14-16-27-15-13-19-5-1-4-8-23(19)27/h1-13,15,26H,14,16-17H2. The van der Waals surface area contributed by atoms with Gasteiger partial charge in [0.25, 0.3) is 11.8 Å². The molecule has 0 saturated heterocycles. The first-order chi connectivity index (χ1) is 15.9. The van der Waals surface area contributed by atoms with E-state index in [0.717, 1.165) is 10.9 Å². The van der Waals surface area contributed by atoms with Gasteiger partial charge in [0.2, 0.25) is 10.0 Å². The summed E-state index contributed by atoms with van der Waals surface area (Å²) in [5.41, 5.74) is 2.50. The molecular weight excluding hydrogens is 438 g/mol. The molecule has 4 aromatic rings. The second-order valence-corrected chi connectivity index (χ2v) is 9.62. The largest absolute Gasteiger partial charge is 0.346 e. The Morgan fingerprint density at radius 3 is 2.09 bits per heavy atom. The van der Waals surface area contributed by atoms with Crippen molar-refractivity contribution < 1.29 is 18.0 Å². The van der Waals surface area contributed by atoms with Crippen LogP contribution >= 0.6 is 0 Å². The molecule has 0 unspecified atom stereocenters. The molecular formula is C25H21N3O4S. The SMILES string of the molecule is O=C1c2ccccc2C(=O)N1Cc1ccc(S(=O)(=O)NCCn2ccc3ccccc32)cc1. The van der Waals surface area contributed by atoms with Gasteiger partial charge in [-0.25, -0.2) is 13.1 Å². The Bertz CT molecular complexity index is 1440. The summed E-state index contributed by atoms with van der Waals surface area (Å²) >= 11 is 0.